The lowest BCUT2D eigenvalue weighted by atomic mass is 10.2. The lowest BCUT2D eigenvalue weighted by Gasteiger charge is -2.09. The first kappa shape index (κ1) is 16.1. The van der Waals surface area contributed by atoms with E-state index in [4.69, 9.17) is 4.42 Å². The summed E-state index contributed by atoms with van der Waals surface area (Å²) in [5.74, 6) is 0.0363. The van der Waals surface area contributed by atoms with Crippen LogP contribution in [0.15, 0.2) is 62.9 Å². The first-order chi connectivity index (χ1) is 12.4. The molecular weight excluding hydrogens is 358 g/mol. The lowest BCUT2D eigenvalue weighted by Crippen LogP contribution is -2.12. The summed E-state index contributed by atoms with van der Waals surface area (Å²) in [5.41, 5.74) is 1.81. The second-order valence-corrected chi connectivity index (χ2v) is 7.30. The molecule has 9 nitrogen and oxygen atoms in total. The summed E-state index contributed by atoms with van der Waals surface area (Å²) in [7, 11) is -2.01. The number of aromatic amines is 1. The van der Waals surface area contributed by atoms with Gasteiger partial charge in [-0.15, -0.1) is 10.2 Å². The third kappa shape index (κ3) is 2.86. The van der Waals surface area contributed by atoms with E-state index in [2.05, 4.69) is 19.9 Å². The minimum absolute atomic E-state index is 0.00914. The molecule has 0 saturated heterocycles. The molecule has 0 unspecified atom stereocenters. The molecule has 2 aromatic carbocycles. The van der Waals surface area contributed by atoms with Gasteiger partial charge in [-0.3, -0.25) is 9.71 Å². The van der Waals surface area contributed by atoms with E-state index in [9.17, 15) is 13.2 Å². The molecule has 26 heavy (non-hydrogen) atoms. The Bertz CT molecular complexity index is 1250. The fourth-order valence-electron chi connectivity index (χ4n) is 2.54. The highest BCUT2D eigenvalue weighted by Crippen LogP contribution is 2.22. The van der Waals surface area contributed by atoms with Crippen molar-refractivity contribution in [3.05, 3.63) is 59.3 Å². The van der Waals surface area contributed by atoms with Gasteiger partial charge < -0.3 is 8.98 Å². The van der Waals surface area contributed by atoms with E-state index in [0.29, 0.717) is 17.0 Å². The monoisotopic (exact) mass is 371 g/mol. The average Bonchev–Trinajstić information content (AvgIpc) is 3.19. The van der Waals surface area contributed by atoms with Gasteiger partial charge in [0.15, 0.2) is 11.4 Å². The van der Waals surface area contributed by atoms with Crippen molar-refractivity contribution in [3.8, 4) is 11.4 Å². The van der Waals surface area contributed by atoms with Gasteiger partial charge in [0.2, 0.25) is 0 Å². The van der Waals surface area contributed by atoms with Crippen molar-refractivity contribution < 1.29 is 12.8 Å². The molecule has 0 atom stereocenters. The van der Waals surface area contributed by atoms with Gasteiger partial charge in [-0.25, -0.2) is 13.2 Å². The highest BCUT2D eigenvalue weighted by molar-refractivity contribution is 7.92. The van der Waals surface area contributed by atoms with Crippen molar-refractivity contribution in [2.24, 2.45) is 7.05 Å². The Morgan fingerprint density at radius 3 is 2.62 bits per heavy atom. The van der Waals surface area contributed by atoms with Crippen molar-refractivity contribution in [1.29, 1.82) is 0 Å². The van der Waals surface area contributed by atoms with Crippen molar-refractivity contribution in [3.63, 3.8) is 0 Å². The van der Waals surface area contributed by atoms with E-state index < -0.39 is 15.8 Å². The molecule has 0 saturated carbocycles. The van der Waals surface area contributed by atoms with Crippen LogP contribution in [-0.2, 0) is 17.1 Å². The van der Waals surface area contributed by atoms with Crippen molar-refractivity contribution >= 4 is 26.8 Å². The zero-order chi connectivity index (χ0) is 18.3. The van der Waals surface area contributed by atoms with E-state index in [-0.39, 0.29) is 10.5 Å². The molecule has 0 radical (unpaired) electrons. The molecule has 0 aliphatic carbocycles. The maximum Gasteiger partial charge on any atom is 0.417 e. The smallest absolute Gasteiger partial charge is 0.408 e. The van der Waals surface area contributed by atoms with Gasteiger partial charge in [0.1, 0.15) is 6.33 Å². The van der Waals surface area contributed by atoms with Crippen molar-refractivity contribution in [1.82, 2.24) is 19.7 Å². The summed E-state index contributed by atoms with van der Waals surface area (Å²) in [6.45, 7) is 0. The molecule has 0 bridgehead atoms. The fourth-order valence-corrected chi connectivity index (χ4v) is 3.61. The van der Waals surface area contributed by atoms with Crippen LogP contribution in [0.4, 0.5) is 5.69 Å². The van der Waals surface area contributed by atoms with Crippen LogP contribution in [0.2, 0.25) is 0 Å². The summed E-state index contributed by atoms with van der Waals surface area (Å²) in [5, 5.41) is 7.82. The van der Waals surface area contributed by atoms with E-state index in [0.717, 1.165) is 5.56 Å². The highest BCUT2D eigenvalue weighted by Gasteiger charge is 2.16. The molecule has 10 heteroatoms. The number of H-pyrrole nitrogens is 1. The second-order valence-electron chi connectivity index (χ2n) is 5.62. The fraction of sp³-hybridized carbons (Fsp3) is 0.0625. The number of sulfonamides is 1. The largest absolute Gasteiger partial charge is 0.417 e. The minimum atomic E-state index is -3.83. The molecule has 4 aromatic rings. The molecule has 4 rings (SSSR count). The topological polar surface area (TPSA) is 123 Å². The Morgan fingerprint density at radius 2 is 1.92 bits per heavy atom. The molecule has 0 aliphatic rings. The number of benzene rings is 2. The average molecular weight is 371 g/mol. The van der Waals surface area contributed by atoms with Gasteiger partial charge in [0.25, 0.3) is 10.0 Å². The first-order valence-corrected chi connectivity index (χ1v) is 9.01. The van der Waals surface area contributed by atoms with Crippen LogP contribution in [-0.4, -0.2) is 28.2 Å². The lowest BCUT2D eigenvalue weighted by molar-refractivity contribution is 0.554. The van der Waals surface area contributed by atoms with Crippen LogP contribution in [0, 0.1) is 0 Å². The number of anilines is 1. The molecule has 2 aromatic heterocycles. The zero-order valence-electron chi connectivity index (χ0n) is 13.5. The van der Waals surface area contributed by atoms with Crippen LogP contribution in [0.25, 0.3) is 22.5 Å². The number of hydrogen-bond donors (Lipinski definition) is 2. The molecule has 132 valence electrons. The summed E-state index contributed by atoms with van der Waals surface area (Å²) in [6.07, 6.45) is 1.58. The Morgan fingerprint density at radius 1 is 1.15 bits per heavy atom. The molecule has 0 spiro atoms. The Labute approximate surface area is 147 Å². The summed E-state index contributed by atoms with van der Waals surface area (Å²) >= 11 is 0. The van der Waals surface area contributed by atoms with E-state index in [1.54, 1.807) is 35.2 Å². The van der Waals surface area contributed by atoms with Crippen molar-refractivity contribution in [2.45, 2.75) is 4.90 Å². The maximum absolute atomic E-state index is 12.6. The summed E-state index contributed by atoms with van der Waals surface area (Å²) < 4.78 is 34.3. The highest BCUT2D eigenvalue weighted by atomic mass is 32.2. The molecule has 0 amide bonds. The van der Waals surface area contributed by atoms with Gasteiger partial charge >= 0.3 is 5.76 Å². The van der Waals surface area contributed by atoms with Crippen LogP contribution >= 0.6 is 0 Å². The van der Waals surface area contributed by atoms with Crippen LogP contribution < -0.4 is 10.5 Å². The molecule has 0 fully saturated rings. The number of fused-ring (bicyclic) bond motifs is 1. The van der Waals surface area contributed by atoms with Gasteiger partial charge in [-0.05, 0) is 36.4 Å². The van der Waals surface area contributed by atoms with E-state index in [1.165, 1.54) is 18.2 Å². The first-order valence-electron chi connectivity index (χ1n) is 7.52. The zero-order valence-corrected chi connectivity index (χ0v) is 14.3. The normalized spacial score (nSPS) is 11.7. The SMILES string of the molecule is Cn1cnnc1-c1ccc(NS(=O)(=O)c2ccc3[nH]c(=O)oc3c2)cc1. The second kappa shape index (κ2) is 5.85. The number of oxazole rings is 1. The van der Waals surface area contributed by atoms with E-state index in [1.807, 2.05) is 7.05 Å². The van der Waals surface area contributed by atoms with Gasteiger partial charge in [0.05, 0.1) is 10.4 Å². The number of aromatic nitrogens is 4. The molecule has 2 heterocycles. The predicted octanol–water partition coefficient (Wildman–Crippen LogP) is 1.72. The number of rotatable bonds is 4. The minimum Gasteiger partial charge on any atom is -0.408 e. The van der Waals surface area contributed by atoms with Gasteiger partial charge in [-0.2, -0.15) is 0 Å². The maximum atomic E-state index is 12.6. The third-order valence-electron chi connectivity index (χ3n) is 3.81. The van der Waals surface area contributed by atoms with Crippen LogP contribution in [0.1, 0.15) is 0 Å². The Kier molecular flexibility index (Phi) is 3.62. The number of aryl methyl sites for hydroxylation is 1. The quantitative estimate of drug-likeness (QED) is 0.563. The van der Waals surface area contributed by atoms with E-state index >= 15 is 0 Å². The van der Waals surface area contributed by atoms with Crippen LogP contribution in [0.5, 0.6) is 0 Å². The summed E-state index contributed by atoms with van der Waals surface area (Å²) in [6, 6.07) is 10.9. The molecule has 2 N–H and O–H groups in total. The Balaban J connectivity index is 1.62. The third-order valence-corrected chi connectivity index (χ3v) is 5.19. The number of nitrogens with one attached hydrogen (secondary N) is 2. The standard InChI is InChI=1S/C16H13N5O4S/c1-21-9-17-19-15(21)10-2-4-11(5-3-10)20-26(23,24)12-6-7-13-14(8-12)25-16(22)18-13/h2-9,20H,1H3,(H,18,22). The number of nitrogens with zero attached hydrogens (tertiary/aromatic N) is 3. The molecule has 0 aliphatic heterocycles. The Hall–Kier alpha value is -3.40. The molecular formula is C16H13N5O4S. The van der Waals surface area contributed by atoms with Crippen LogP contribution in [0.3, 0.4) is 0 Å². The van der Waals surface area contributed by atoms with Gasteiger partial charge in [0, 0.05) is 24.4 Å². The van der Waals surface area contributed by atoms with Crippen molar-refractivity contribution in [2.75, 3.05) is 4.72 Å². The predicted molar refractivity (Wildman–Crippen MR) is 94.1 cm³/mol. The van der Waals surface area contributed by atoms with Gasteiger partial charge in [-0.1, -0.05) is 0 Å². The summed E-state index contributed by atoms with van der Waals surface area (Å²) in [4.78, 5) is 13.6. The number of hydrogen-bond acceptors (Lipinski definition) is 6.